The highest BCUT2D eigenvalue weighted by Gasteiger charge is 2.48. The molecule has 6 heteroatoms. The molecule has 0 aromatic heterocycles. The van der Waals surface area contributed by atoms with Gasteiger partial charge in [-0.25, -0.2) is 0 Å². The first kappa shape index (κ1) is 14.2. The molecule has 2 aromatic carbocycles. The van der Waals surface area contributed by atoms with Gasteiger partial charge >= 0.3 is 0 Å². The number of aliphatic hydroxyl groups is 1. The Bertz CT molecular complexity index is 748. The summed E-state index contributed by atoms with van der Waals surface area (Å²) < 4.78 is 5.11. The minimum Gasteiger partial charge on any atom is -0.495 e. The van der Waals surface area contributed by atoms with Crippen LogP contribution in [0.25, 0.3) is 0 Å². The minimum absolute atomic E-state index is 0.301. The first-order chi connectivity index (χ1) is 9.98. The number of nitrogens with one attached hydrogen (secondary N) is 1. The molecule has 1 heterocycles. The largest absolute Gasteiger partial charge is 0.495 e. The normalized spacial score (nSPS) is 20.1. The molecule has 2 N–H and O–H groups in total. The second-order valence-corrected chi connectivity index (χ2v) is 5.49. The summed E-state index contributed by atoms with van der Waals surface area (Å²) >= 11 is 12.2. The van der Waals surface area contributed by atoms with Crippen molar-refractivity contribution in [1.29, 1.82) is 0 Å². The van der Waals surface area contributed by atoms with Crippen molar-refractivity contribution in [2.24, 2.45) is 0 Å². The maximum Gasteiger partial charge on any atom is 0.265 e. The summed E-state index contributed by atoms with van der Waals surface area (Å²) in [5.41, 5.74) is -0.761. The Kier molecular flexibility index (Phi) is 3.32. The lowest BCUT2D eigenvalue weighted by molar-refractivity contribution is -0.129. The van der Waals surface area contributed by atoms with Gasteiger partial charge < -0.3 is 15.2 Å². The molecule has 1 unspecified atom stereocenters. The molecule has 0 saturated heterocycles. The van der Waals surface area contributed by atoms with E-state index < -0.39 is 11.5 Å². The molecular formula is C15H11Cl2NO3. The van der Waals surface area contributed by atoms with E-state index in [1.165, 1.54) is 13.2 Å². The predicted octanol–water partition coefficient (Wildman–Crippen LogP) is 3.19. The lowest BCUT2D eigenvalue weighted by atomic mass is 9.87. The summed E-state index contributed by atoms with van der Waals surface area (Å²) in [6, 6.07) is 9.74. The number of halogens is 2. The zero-order chi connectivity index (χ0) is 15.2. The number of carbonyl (C=O) groups excluding carboxylic acids is 1. The molecule has 21 heavy (non-hydrogen) atoms. The summed E-state index contributed by atoms with van der Waals surface area (Å²) in [5, 5.41) is 14.2. The third-order valence-corrected chi connectivity index (χ3v) is 4.15. The fourth-order valence-corrected chi connectivity index (χ4v) is 2.98. The molecule has 1 atom stereocenters. The highest BCUT2D eigenvalue weighted by atomic mass is 35.5. The second kappa shape index (κ2) is 4.91. The van der Waals surface area contributed by atoms with Gasteiger partial charge in [-0.05, 0) is 12.1 Å². The van der Waals surface area contributed by atoms with E-state index >= 15 is 0 Å². The van der Waals surface area contributed by atoms with Crippen LogP contribution in [0, 0.1) is 0 Å². The SMILES string of the molecule is COc1cc2c(cc1Cl)C(O)(c1ccccc1Cl)C(=O)N2. The van der Waals surface area contributed by atoms with E-state index in [1.807, 2.05) is 0 Å². The summed E-state index contributed by atoms with van der Waals surface area (Å²) in [5.74, 6) is -0.158. The summed E-state index contributed by atoms with van der Waals surface area (Å²) in [6.07, 6.45) is 0. The van der Waals surface area contributed by atoms with Crippen LogP contribution in [-0.4, -0.2) is 18.1 Å². The van der Waals surface area contributed by atoms with Gasteiger partial charge in [-0.1, -0.05) is 41.4 Å². The Balaban J connectivity index is 2.26. The van der Waals surface area contributed by atoms with Crippen molar-refractivity contribution < 1.29 is 14.6 Å². The standard InChI is InChI=1S/C15H11Cl2NO3/c1-21-13-7-12-9(6-11(13)17)15(20,14(19)18-12)8-4-2-3-5-10(8)16/h2-7,20H,1H3,(H,18,19). The second-order valence-electron chi connectivity index (χ2n) is 4.68. The Morgan fingerprint density at radius 1 is 1.14 bits per heavy atom. The van der Waals surface area contributed by atoms with Gasteiger partial charge in [0.15, 0.2) is 5.60 Å². The van der Waals surface area contributed by atoms with Crippen molar-refractivity contribution in [3.05, 3.63) is 57.6 Å². The van der Waals surface area contributed by atoms with Crippen LogP contribution in [-0.2, 0) is 10.4 Å². The lowest BCUT2D eigenvalue weighted by Gasteiger charge is -2.22. The van der Waals surface area contributed by atoms with E-state index in [9.17, 15) is 9.90 Å². The summed E-state index contributed by atoms with van der Waals surface area (Å²) in [4.78, 5) is 12.3. The van der Waals surface area contributed by atoms with E-state index in [4.69, 9.17) is 27.9 Å². The number of hydrogen-bond acceptors (Lipinski definition) is 3. The number of anilines is 1. The van der Waals surface area contributed by atoms with Crippen LogP contribution in [0.2, 0.25) is 10.0 Å². The van der Waals surface area contributed by atoms with Gasteiger partial charge in [0.05, 0.1) is 17.8 Å². The van der Waals surface area contributed by atoms with Crippen molar-refractivity contribution in [3.63, 3.8) is 0 Å². The number of carbonyl (C=O) groups is 1. The Hall–Kier alpha value is -1.75. The van der Waals surface area contributed by atoms with E-state index in [0.29, 0.717) is 32.6 Å². The van der Waals surface area contributed by atoms with Gasteiger partial charge in [0.2, 0.25) is 0 Å². The van der Waals surface area contributed by atoms with E-state index in [1.54, 1.807) is 30.3 Å². The van der Waals surface area contributed by atoms with Crippen LogP contribution in [0.15, 0.2) is 36.4 Å². The maximum atomic E-state index is 12.3. The van der Waals surface area contributed by atoms with Crippen LogP contribution in [0.1, 0.15) is 11.1 Å². The van der Waals surface area contributed by atoms with Gasteiger partial charge in [-0.3, -0.25) is 4.79 Å². The average Bonchev–Trinajstić information content (AvgIpc) is 2.71. The molecule has 1 aliphatic heterocycles. The van der Waals surface area contributed by atoms with Crippen LogP contribution < -0.4 is 10.1 Å². The molecule has 4 nitrogen and oxygen atoms in total. The predicted molar refractivity (Wildman–Crippen MR) is 81.1 cm³/mol. The fourth-order valence-electron chi connectivity index (χ4n) is 2.47. The van der Waals surface area contributed by atoms with Crippen molar-refractivity contribution in [2.45, 2.75) is 5.60 Å². The Morgan fingerprint density at radius 3 is 2.52 bits per heavy atom. The molecule has 0 radical (unpaired) electrons. The van der Waals surface area contributed by atoms with Gasteiger partial charge in [0, 0.05) is 22.2 Å². The van der Waals surface area contributed by atoms with Crippen molar-refractivity contribution >= 4 is 34.8 Å². The van der Waals surface area contributed by atoms with Crippen molar-refractivity contribution in [2.75, 3.05) is 12.4 Å². The van der Waals surface area contributed by atoms with E-state index in [-0.39, 0.29) is 0 Å². The molecule has 0 fully saturated rings. The molecular weight excluding hydrogens is 313 g/mol. The van der Waals surface area contributed by atoms with Gasteiger partial charge in [0.1, 0.15) is 5.75 Å². The maximum absolute atomic E-state index is 12.3. The van der Waals surface area contributed by atoms with Crippen LogP contribution >= 0.6 is 23.2 Å². The molecule has 0 aliphatic carbocycles. The third-order valence-electron chi connectivity index (χ3n) is 3.52. The number of hydrogen-bond donors (Lipinski definition) is 2. The molecule has 1 aliphatic rings. The highest BCUT2D eigenvalue weighted by molar-refractivity contribution is 6.33. The Labute approximate surface area is 131 Å². The fraction of sp³-hybridized carbons (Fsp3) is 0.133. The average molecular weight is 324 g/mol. The molecule has 0 saturated carbocycles. The monoisotopic (exact) mass is 323 g/mol. The van der Waals surface area contributed by atoms with Gasteiger partial charge in [0.25, 0.3) is 5.91 Å². The van der Waals surface area contributed by atoms with Crippen LogP contribution in [0.5, 0.6) is 5.75 Å². The van der Waals surface area contributed by atoms with E-state index in [2.05, 4.69) is 5.32 Å². The zero-order valence-electron chi connectivity index (χ0n) is 11.0. The van der Waals surface area contributed by atoms with Crippen LogP contribution in [0.3, 0.4) is 0 Å². The number of ether oxygens (including phenoxy) is 1. The number of rotatable bonds is 2. The molecule has 3 rings (SSSR count). The smallest absolute Gasteiger partial charge is 0.265 e. The molecule has 108 valence electrons. The summed E-state index contributed by atoms with van der Waals surface area (Å²) in [7, 11) is 1.48. The minimum atomic E-state index is -1.87. The number of benzene rings is 2. The molecule has 0 spiro atoms. The first-order valence-corrected chi connectivity index (χ1v) is 6.91. The van der Waals surface area contributed by atoms with Crippen molar-refractivity contribution in [1.82, 2.24) is 0 Å². The summed E-state index contributed by atoms with van der Waals surface area (Å²) in [6.45, 7) is 0. The zero-order valence-corrected chi connectivity index (χ0v) is 12.5. The Morgan fingerprint density at radius 2 is 1.86 bits per heavy atom. The van der Waals surface area contributed by atoms with E-state index in [0.717, 1.165) is 0 Å². The highest BCUT2D eigenvalue weighted by Crippen LogP contribution is 2.46. The van der Waals surface area contributed by atoms with Gasteiger partial charge in [-0.2, -0.15) is 0 Å². The van der Waals surface area contributed by atoms with Crippen LogP contribution in [0.4, 0.5) is 5.69 Å². The number of methoxy groups -OCH3 is 1. The quantitative estimate of drug-likeness (QED) is 0.892. The van der Waals surface area contributed by atoms with Crippen molar-refractivity contribution in [3.8, 4) is 5.75 Å². The number of fused-ring (bicyclic) bond motifs is 1. The number of amides is 1. The van der Waals surface area contributed by atoms with Gasteiger partial charge in [-0.15, -0.1) is 0 Å². The molecule has 1 amide bonds. The third kappa shape index (κ3) is 1.99. The first-order valence-electron chi connectivity index (χ1n) is 6.15. The molecule has 0 bridgehead atoms. The lowest BCUT2D eigenvalue weighted by Crippen LogP contribution is -2.35. The topological polar surface area (TPSA) is 58.6 Å². The molecule has 2 aromatic rings.